The molecule has 186 valence electrons. The van der Waals surface area contributed by atoms with Crippen LogP contribution in [0.2, 0.25) is 0 Å². The lowest BCUT2D eigenvalue weighted by Gasteiger charge is -2.37. The van der Waals surface area contributed by atoms with Gasteiger partial charge in [-0.15, -0.1) is 0 Å². The molecular formula is C28H54N3O+. The zero-order chi connectivity index (χ0) is 23.3. The first kappa shape index (κ1) is 28.7. The van der Waals surface area contributed by atoms with Crippen molar-refractivity contribution in [2.24, 2.45) is 0 Å². The van der Waals surface area contributed by atoms with Crippen molar-refractivity contribution in [3.8, 4) is 0 Å². The van der Waals surface area contributed by atoms with E-state index in [4.69, 9.17) is 0 Å². The molecular weight excluding hydrogens is 394 g/mol. The molecule has 2 atom stereocenters. The molecule has 1 rings (SSSR count). The molecule has 0 aromatic heterocycles. The normalized spacial score (nSPS) is 20.2. The summed E-state index contributed by atoms with van der Waals surface area (Å²) in [5.74, 6) is 0.0619. The Morgan fingerprint density at radius 3 is 2.00 bits per heavy atom. The fraction of sp³-hybridized carbons (Fsp3) is 0.821. The quantitative estimate of drug-likeness (QED) is 0.111. The molecule has 0 spiro atoms. The van der Waals surface area contributed by atoms with Crippen LogP contribution in [0.3, 0.4) is 0 Å². The highest BCUT2D eigenvalue weighted by Gasteiger charge is 2.36. The summed E-state index contributed by atoms with van der Waals surface area (Å²) >= 11 is 0. The minimum absolute atomic E-state index is 0.0619. The molecule has 32 heavy (non-hydrogen) atoms. The van der Waals surface area contributed by atoms with E-state index in [2.05, 4.69) is 49.0 Å². The summed E-state index contributed by atoms with van der Waals surface area (Å²) in [5.41, 5.74) is 0. The van der Waals surface area contributed by atoms with Crippen LogP contribution in [0.1, 0.15) is 124 Å². The summed E-state index contributed by atoms with van der Waals surface area (Å²) in [6.07, 6.45) is 31.4. The van der Waals surface area contributed by atoms with Crippen LogP contribution in [-0.2, 0) is 4.79 Å². The molecule has 0 fully saturated rings. The van der Waals surface area contributed by atoms with Gasteiger partial charge in [-0.1, -0.05) is 83.3 Å². The van der Waals surface area contributed by atoms with Gasteiger partial charge in [0.15, 0.2) is 6.17 Å². The maximum atomic E-state index is 11.2. The Morgan fingerprint density at radius 2 is 1.44 bits per heavy atom. The average molecular weight is 449 g/mol. The Bertz CT molecular complexity index is 517. The second-order valence-electron chi connectivity index (χ2n) is 9.70. The van der Waals surface area contributed by atoms with Gasteiger partial charge in [0.1, 0.15) is 12.7 Å². The first-order chi connectivity index (χ1) is 15.6. The van der Waals surface area contributed by atoms with Gasteiger partial charge in [0, 0.05) is 13.3 Å². The summed E-state index contributed by atoms with van der Waals surface area (Å²) in [4.78, 5) is 11.2. The minimum atomic E-state index is 0.0619. The number of amides is 1. The van der Waals surface area contributed by atoms with E-state index in [0.29, 0.717) is 6.17 Å². The van der Waals surface area contributed by atoms with Crippen molar-refractivity contribution in [1.29, 1.82) is 0 Å². The van der Waals surface area contributed by atoms with Crippen molar-refractivity contribution in [2.75, 3.05) is 19.6 Å². The largest absolute Gasteiger partial charge is 0.351 e. The van der Waals surface area contributed by atoms with Gasteiger partial charge in [0.25, 0.3) is 0 Å². The molecule has 1 aliphatic rings. The second-order valence-corrected chi connectivity index (χ2v) is 9.70. The lowest BCUT2D eigenvalue weighted by Crippen LogP contribution is -2.55. The molecule has 0 radical (unpaired) electrons. The molecule has 0 aromatic rings. The van der Waals surface area contributed by atoms with Gasteiger partial charge >= 0.3 is 0 Å². The van der Waals surface area contributed by atoms with E-state index >= 15 is 0 Å². The summed E-state index contributed by atoms with van der Waals surface area (Å²) in [7, 11) is 0. The van der Waals surface area contributed by atoms with Crippen LogP contribution in [0.4, 0.5) is 0 Å². The van der Waals surface area contributed by atoms with Crippen LogP contribution >= 0.6 is 0 Å². The first-order valence-corrected chi connectivity index (χ1v) is 13.8. The third-order valence-electron chi connectivity index (χ3n) is 7.01. The number of allylic oxidation sites excluding steroid dienone is 2. The number of hydrogen-bond donors (Lipinski definition) is 2. The van der Waals surface area contributed by atoms with E-state index in [9.17, 15) is 4.79 Å². The number of carbonyl (C=O) groups excluding carboxylic acids is 1. The zero-order valence-corrected chi connectivity index (χ0v) is 21.7. The van der Waals surface area contributed by atoms with Crippen molar-refractivity contribution in [2.45, 2.75) is 130 Å². The Labute approximate surface area is 199 Å². The van der Waals surface area contributed by atoms with Crippen molar-refractivity contribution in [3.63, 3.8) is 0 Å². The summed E-state index contributed by atoms with van der Waals surface area (Å²) in [5, 5.41) is 6.50. The van der Waals surface area contributed by atoms with Gasteiger partial charge in [0.2, 0.25) is 5.91 Å². The van der Waals surface area contributed by atoms with Gasteiger partial charge in [-0.2, -0.15) is 0 Å². The van der Waals surface area contributed by atoms with E-state index in [1.807, 2.05) is 0 Å². The minimum Gasteiger partial charge on any atom is -0.351 e. The van der Waals surface area contributed by atoms with Crippen LogP contribution in [-0.4, -0.2) is 36.2 Å². The van der Waals surface area contributed by atoms with Gasteiger partial charge in [-0.25, -0.2) is 0 Å². The zero-order valence-electron chi connectivity index (χ0n) is 21.7. The van der Waals surface area contributed by atoms with Gasteiger partial charge in [-0.05, 0) is 39.0 Å². The maximum Gasteiger partial charge on any atom is 0.217 e. The van der Waals surface area contributed by atoms with Crippen LogP contribution in [0.5, 0.6) is 0 Å². The molecule has 2 unspecified atom stereocenters. The van der Waals surface area contributed by atoms with E-state index in [0.717, 1.165) is 24.1 Å². The van der Waals surface area contributed by atoms with Crippen LogP contribution in [0.25, 0.3) is 0 Å². The maximum absolute atomic E-state index is 11.2. The van der Waals surface area contributed by atoms with E-state index in [-0.39, 0.29) is 5.91 Å². The third kappa shape index (κ3) is 13.3. The number of likely N-dealkylation sites (N-methyl/N-ethyl adjacent to an activating group) is 1. The highest BCUT2D eigenvalue weighted by molar-refractivity contribution is 5.72. The number of hydrogen-bond acceptors (Lipinski definition) is 2. The Morgan fingerprint density at radius 1 is 0.875 bits per heavy atom. The van der Waals surface area contributed by atoms with Gasteiger partial charge < -0.3 is 10.6 Å². The summed E-state index contributed by atoms with van der Waals surface area (Å²) < 4.78 is 0.939. The van der Waals surface area contributed by atoms with Crippen molar-refractivity contribution in [1.82, 2.24) is 10.6 Å². The number of carbonyl (C=O) groups is 1. The second kappa shape index (κ2) is 19.2. The first-order valence-electron chi connectivity index (χ1n) is 13.8. The lowest BCUT2D eigenvalue weighted by atomic mass is 10.1. The molecule has 2 N–H and O–H groups in total. The molecule has 0 aromatic carbocycles. The Kier molecular flexibility index (Phi) is 17.2. The monoisotopic (exact) mass is 448 g/mol. The van der Waals surface area contributed by atoms with Crippen LogP contribution in [0, 0.1) is 0 Å². The highest BCUT2D eigenvalue weighted by Crippen LogP contribution is 2.22. The SMILES string of the molecule is CCCCCCCCCCCCC/C=C/CCCCC1NC=C[N+]1(CC)CCNC(C)=O. The standard InChI is InChI=1S/C28H53N3O/c1-4-6-7-8-9-10-11-12-13-14-15-16-17-18-19-20-21-22-28-30-24-26-31(28,5-2)25-23-29-27(3)32/h17-18,24,26,28,30H,4-16,19-23,25H2,1-3H3/p+1/b18-17+. The van der Waals surface area contributed by atoms with E-state index in [1.165, 1.54) is 103 Å². The van der Waals surface area contributed by atoms with Gasteiger partial charge in [0.05, 0.1) is 19.3 Å². The van der Waals surface area contributed by atoms with E-state index < -0.39 is 0 Å². The Hall–Kier alpha value is -1.29. The van der Waals surface area contributed by atoms with E-state index in [1.54, 1.807) is 6.92 Å². The molecule has 1 heterocycles. The summed E-state index contributed by atoms with van der Waals surface area (Å²) in [6.45, 7) is 8.90. The van der Waals surface area contributed by atoms with Crippen molar-refractivity contribution < 1.29 is 9.28 Å². The molecule has 1 aliphatic heterocycles. The number of nitrogens with one attached hydrogen (secondary N) is 2. The van der Waals surface area contributed by atoms with Crippen LogP contribution in [0.15, 0.2) is 24.6 Å². The Balaban J connectivity index is 1.97. The molecule has 1 amide bonds. The fourth-order valence-electron chi connectivity index (χ4n) is 4.81. The number of unbranched alkanes of at least 4 members (excludes halogenated alkanes) is 13. The molecule has 0 bridgehead atoms. The molecule has 0 saturated carbocycles. The lowest BCUT2D eigenvalue weighted by molar-refractivity contribution is -0.898. The van der Waals surface area contributed by atoms with Gasteiger partial charge in [-0.3, -0.25) is 9.28 Å². The topological polar surface area (TPSA) is 41.1 Å². The van der Waals surface area contributed by atoms with Crippen LogP contribution < -0.4 is 10.6 Å². The predicted octanol–water partition coefficient (Wildman–Crippen LogP) is 7.18. The van der Waals surface area contributed by atoms with Crippen molar-refractivity contribution >= 4 is 5.91 Å². The molecule has 0 saturated heterocycles. The molecule has 0 aliphatic carbocycles. The average Bonchev–Trinajstić information content (AvgIpc) is 3.18. The molecule has 4 nitrogen and oxygen atoms in total. The third-order valence-corrected chi connectivity index (χ3v) is 7.01. The smallest absolute Gasteiger partial charge is 0.217 e. The number of nitrogens with zero attached hydrogens (tertiary/aromatic N) is 1. The summed E-state index contributed by atoms with van der Waals surface area (Å²) in [6, 6.07) is 0. The van der Waals surface area contributed by atoms with Crippen molar-refractivity contribution in [3.05, 3.63) is 24.6 Å². The number of quaternary nitrogens is 1. The predicted molar refractivity (Wildman–Crippen MR) is 139 cm³/mol. The number of rotatable bonds is 21. The fourth-order valence-corrected chi connectivity index (χ4v) is 4.81. The molecule has 4 heteroatoms. The highest BCUT2D eigenvalue weighted by atomic mass is 16.1.